The maximum atomic E-state index is 12.7. The molecule has 1 atom stereocenters. The summed E-state index contributed by atoms with van der Waals surface area (Å²) in [5.74, 6) is -0.904. The predicted octanol–water partition coefficient (Wildman–Crippen LogP) is 3.74. The third kappa shape index (κ3) is 6.09. The molecular weight excluding hydrogens is 478 g/mol. The van der Waals surface area contributed by atoms with Gasteiger partial charge in [0.1, 0.15) is 5.01 Å². The van der Waals surface area contributed by atoms with Gasteiger partial charge in [0.25, 0.3) is 0 Å². The number of carbonyl (C=O) groups is 3. The molecule has 1 unspecified atom stereocenters. The highest BCUT2D eigenvalue weighted by Gasteiger charge is 2.35. The summed E-state index contributed by atoms with van der Waals surface area (Å²) in [6.07, 6.45) is 0.493. The second kappa shape index (κ2) is 10.6. The number of aromatic nitrogens is 2. The Morgan fingerprint density at radius 3 is 2.47 bits per heavy atom. The second-order valence-corrected chi connectivity index (χ2v) is 9.35. The van der Waals surface area contributed by atoms with E-state index in [0.29, 0.717) is 22.3 Å². The van der Waals surface area contributed by atoms with Gasteiger partial charge in [-0.3, -0.25) is 9.59 Å². The lowest BCUT2D eigenvalue weighted by Gasteiger charge is -2.17. The Labute approximate surface area is 204 Å². The minimum atomic E-state index is -1.10. The Balaban J connectivity index is 1.30. The molecule has 1 aliphatic rings. The molecule has 3 amide bonds. The lowest BCUT2D eigenvalue weighted by Crippen LogP contribution is -2.28. The molecule has 0 aliphatic carbocycles. The number of benzene rings is 2. The van der Waals surface area contributed by atoms with Crippen LogP contribution in [0.5, 0.6) is 0 Å². The summed E-state index contributed by atoms with van der Waals surface area (Å²) in [6.45, 7) is 0.442. The normalized spacial score (nSPS) is 15.4. The molecule has 3 aromatic rings. The number of halogens is 1. The van der Waals surface area contributed by atoms with Gasteiger partial charge in [-0.1, -0.05) is 47.2 Å². The van der Waals surface area contributed by atoms with Crippen LogP contribution in [-0.2, 0) is 29.0 Å². The van der Waals surface area contributed by atoms with Crippen LogP contribution in [0.1, 0.15) is 22.6 Å². The van der Waals surface area contributed by atoms with E-state index in [4.69, 9.17) is 16.7 Å². The van der Waals surface area contributed by atoms with Gasteiger partial charge in [0.15, 0.2) is 0 Å². The third-order valence-electron chi connectivity index (χ3n) is 5.43. The van der Waals surface area contributed by atoms with E-state index >= 15 is 0 Å². The molecule has 1 fully saturated rings. The Morgan fingerprint density at radius 1 is 1.06 bits per heavy atom. The molecule has 4 rings (SSSR count). The standard InChI is InChI=1S/C23H22ClN5O4S/c24-17-6-1-14(2-7-17)5-10-19-27-28-22(34-19)26-21(31)16-11-20(30)29(13-16)18-8-3-15(4-9-18)12-25-23(32)33/h1-4,6-9,16,25H,5,10-13H2,(H,32,33)(H,26,28,31). The van der Waals surface area contributed by atoms with Crippen LogP contribution in [0.3, 0.4) is 0 Å². The summed E-state index contributed by atoms with van der Waals surface area (Å²) in [7, 11) is 0. The van der Waals surface area contributed by atoms with E-state index in [2.05, 4.69) is 20.8 Å². The van der Waals surface area contributed by atoms with E-state index in [1.165, 1.54) is 11.3 Å². The van der Waals surface area contributed by atoms with Crippen molar-refractivity contribution in [3.05, 3.63) is 69.7 Å². The van der Waals surface area contributed by atoms with Crippen molar-refractivity contribution in [3.63, 3.8) is 0 Å². The van der Waals surface area contributed by atoms with Gasteiger partial charge in [-0.2, -0.15) is 0 Å². The van der Waals surface area contributed by atoms with Gasteiger partial charge in [0.2, 0.25) is 16.9 Å². The number of amides is 3. The molecule has 176 valence electrons. The van der Waals surface area contributed by atoms with Gasteiger partial charge in [-0.25, -0.2) is 4.79 Å². The summed E-state index contributed by atoms with van der Waals surface area (Å²) in [6, 6.07) is 14.6. The first kappa shape index (κ1) is 23.7. The zero-order valence-corrected chi connectivity index (χ0v) is 19.6. The summed E-state index contributed by atoms with van der Waals surface area (Å²) in [5, 5.41) is 23.9. The van der Waals surface area contributed by atoms with Crippen molar-refractivity contribution in [2.75, 3.05) is 16.8 Å². The molecular formula is C23H22ClN5O4S. The third-order valence-corrected chi connectivity index (χ3v) is 6.58. The van der Waals surface area contributed by atoms with Crippen molar-refractivity contribution in [2.24, 2.45) is 5.92 Å². The molecule has 0 bridgehead atoms. The molecule has 1 aromatic heterocycles. The van der Waals surface area contributed by atoms with E-state index in [-0.39, 0.29) is 31.3 Å². The number of anilines is 2. The molecule has 34 heavy (non-hydrogen) atoms. The average molecular weight is 500 g/mol. The molecule has 11 heteroatoms. The fourth-order valence-electron chi connectivity index (χ4n) is 3.62. The largest absolute Gasteiger partial charge is 0.465 e. The minimum absolute atomic E-state index is 0.108. The maximum Gasteiger partial charge on any atom is 0.404 e. The van der Waals surface area contributed by atoms with Crippen LogP contribution in [0.2, 0.25) is 5.02 Å². The number of nitrogens with zero attached hydrogens (tertiary/aromatic N) is 3. The van der Waals surface area contributed by atoms with E-state index in [1.807, 2.05) is 24.3 Å². The monoisotopic (exact) mass is 499 g/mol. The first-order chi connectivity index (χ1) is 16.4. The first-order valence-electron chi connectivity index (χ1n) is 10.6. The number of carboxylic acid groups (broad SMARTS) is 1. The fraction of sp³-hybridized carbons (Fsp3) is 0.261. The van der Waals surface area contributed by atoms with Crippen LogP contribution in [0.15, 0.2) is 48.5 Å². The molecule has 2 aromatic carbocycles. The molecule has 0 radical (unpaired) electrons. The minimum Gasteiger partial charge on any atom is -0.465 e. The zero-order valence-electron chi connectivity index (χ0n) is 18.0. The highest BCUT2D eigenvalue weighted by molar-refractivity contribution is 7.15. The highest BCUT2D eigenvalue weighted by Crippen LogP contribution is 2.27. The number of carbonyl (C=O) groups excluding carboxylic acids is 2. The van der Waals surface area contributed by atoms with E-state index in [9.17, 15) is 14.4 Å². The summed E-state index contributed by atoms with van der Waals surface area (Å²) in [5.41, 5.74) is 2.58. The number of aryl methyl sites for hydroxylation is 2. The first-order valence-corrected chi connectivity index (χ1v) is 11.8. The summed E-state index contributed by atoms with van der Waals surface area (Å²) >= 11 is 7.23. The lowest BCUT2D eigenvalue weighted by atomic mass is 10.1. The van der Waals surface area contributed by atoms with E-state index in [1.54, 1.807) is 29.2 Å². The Kier molecular flexibility index (Phi) is 7.39. The van der Waals surface area contributed by atoms with Crippen molar-refractivity contribution in [2.45, 2.75) is 25.8 Å². The molecule has 3 N–H and O–H groups in total. The Hall–Kier alpha value is -3.50. The van der Waals surface area contributed by atoms with E-state index in [0.717, 1.165) is 22.6 Å². The van der Waals surface area contributed by atoms with Crippen LogP contribution in [0.25, 0.3) is 0 Å². The summed E-state index contributed by atoms with van der Waals surface area (Å²) < 4.78 is 0. The van der Waals surface area contributed by atoms with Gasteiger partial charge in [-0.05, 0) is 41.8 Å². The van der Waals surface area contributed by atoms with Crippen LogP contribution in [-0.4, -0.2) is 39.8 Å². The lowest BCUT2D eigenvalue weighted by molar-refractivity contribution is -0.122. The summed E-state index contributed by atoms with van der Waals surface area (Å²) in [4.78, 5) is 37.4. The topological polar surface area (TPSA) is 125 Å². The maximum absolute atomic E-state index is 12.7. The van der Waals surface area contributed by atoms with Crippen molar-refractivity contribution >= 4 is 51.7 Å². The highest BCUT2D eigenvalue weighted by atomic mass is 35.5. The van der Waals surface area contributed by atoms with Gasteiger partial charge >= 0.3 is 6.09 Å². The van der Waals surface area contributed by atoms with Gasteiger partial charge in [0.05, 0.1) is 5.92 Å². The number of nitrogens with one attached hydrogen (secondary N) is 2. The van der Waals surface area contributed by atoms with Crippen LogP contribution in [0, 0.1) is 5.92 Å². The van der Waals surface area contributed by atoms with Crippen LogP contribution in [0.4, 0.5) is 15.6 Å². The predicted molar refractivity (Wildman–Crippen MR) is 129 cm³/mol. The van der Waals surface area contributed by atoms with Crippen molar-refractivity contribution < 1.29 is 19.5 Å². The number of rotatable bonds is 8. The molecule has 1 saturated heterocycles. The molecule has 0 saturated carbocycles. The molecule has 0 spiro atoms. The van der Waals surface area contributed by atoms with Crippen molar-refractivity contribution in [1.82, 2.24) is 15.5 Å². The van der Waals surface area contributed by atoms with Crippen molar-refractivity contribution in [1.29, 1.82) is 0 Å². The molecule has 9 nitrogen and oxygen atoms in total. The Morgan fingerprint density at radius 2 is 1.76 bits per heavy atom. The van der Waals surface area contributed by atoms with Gasteiger partial charge < -0.3 is 20.6 Å². The van der Waals surface area contributed by atoms with Gasteiger partial charge in [0, 0.05) is 36.6 Å². The number of hydrogen-bond donors (Lipinski definition) is 3. The molecule has 1 aliphatic heterocycles. The van der Waals surface area contributed by atoms with Crippen LogP contribution < -0.4 is 15.5 Å². The Bertz CT molecular complexity index is 1180. The van der Waals surface area contributed by atoms with E-state index < -0.39 is 12.0 Å². The fourth-order valence-corrected chi connectivity index (χ4v) is 4.49. The molecule has 2 heterocycles. The van der Waals surface area contributed by atoms with Crippen molar-refractivity contribution in [3.8, 4) is 0 Å². The number of hydrogen-bond acceptors (Lipinski definition) is 6. The smallest absolute Gasteiger partial charge is 0.404 e. The zero-order chi connectivity index (χ0) is 24.1. The van der Waals surface area contributed by atoms with Gasteiger partial charge in [-0.15, -0.1) is 10.2 Å². The SMILES string of the molecule is O=C(O)NCc1ccc(N2CC(C(=O)Nc3nnc(CCc4ccc(Cl)cc4)s3)CC2=O)cc1. The second-order valence-electron chi connectivity index (χ2n) is 7.85. The quantitative estimate of drug-likeness (QED) is 0.433. The van der Waals surface area contributed by atoms with Crippen LogP contribution >= 0.6 is 22.9 Å². The average Bonchev–Trinajstić information content (AvgIpc) is 3.44.